The summed E-state index contributed by atoms with van der Waals surface area (Å²) in [6, 6.07) is 8.19. The van der Waals surface area contributed by atoms with Crippen molar-refractivity contribution in [2.45, 2.75) is 37.6 Å². The Labute approximate surface area is 142 Å². The fraction of sp³-hybridized carbons (Fsp3) is 0.579. The number of benzene rings is 1. The van der Waals surface area contributed by atoms with Gasteiger partial charge in [-0.3, -0.25) is 14.5 Å². The maximum absolute atomic E-state index is 12.7. The van der Waals surface area contributed by atoms with Crippen LogP contribution in [0.1, 0.15) is 47.5 Å². The zero-order valence-electron chi connectivity index (χ0n) is 14.0. The minimum Gasteiger partial charge on any atom is -0.366 e. The van der Waals surface area contributed by atoms with Gasteiger partial charge in [-0.25, -0.2) is 0 Å². The molecule has 2 aliphatic carbocycles. The maximum Gasteiger partial charge on any atom is 0.248 e. The minimum absolute atomic E-state index is 0.0865. The average Bonchev–Trinajstić information content (AvgIpc) is 3.34. The smallest absolute Gasteiger partial charge is 0.248 e. The molecule has 5 nitrogen and oxygen atoms in total. The van der Waals surface area contributed by atoms with Gasteiger partial charge in [-0.2, -0.15) is 0 Å². The first-order chi connectivity index (χ1) is 11.6. The molecule has 4 rings (SSSR count). The summed E-state index contributed by atoms with van der Waals surface area (Å²) in [5.74, 6) is 0.218. The van der Waals surface area contributed by atoms with Gasteiger partial charge in [0.05, 0.1) is 0 Å². The van der Waals surface area contributed by atoms with E-state index in [1.54, 1.807) is 6.07 Å². The summed E-state index contributed by atoms with van der Waals surface area (Å²) in [5, 5.41) is 0. The van der Waals surface area contributed by atoms with Gasteiger partial charge in [0.1, 0.15) is 0 Å². The van der Waals surface area contributed by atoms with E-state index >= 15 is 0 Å². The van der Waals surface area contributed by atoms with Gasteiger partial charge in [0, 0.05) is 43.7 Å². The van der Waals surface area contributed by atoms with Crippen LogP contribution >= 0.6 is 0 Å². The Kier molecular flexibility index (Phi) is 4.04. The van der Waals surface area contributed by atoms with Crippen molar-refractivity contribution in [3.05, 3.63) is 35.4 Å². The Bertz CT molecular complexity index is 648. The molecule has 24 heavy (non-hydrogen) atoms. The Morgan fingerprint density at radius 3 is 2.46 bits per heavy atom. The molecule has 0 radical (unpaired) electrons. The van der Waals surface area contributed by atoms with Gasteiger partial charge in [0.15, 0.2) is 0 Å². The summed E-state index contributed by atoms with van der Waals surface area (Å²) in [5.41, 5.74) is 6.94. The van der Waals surface area contributed by atoms with E-state index in [1.165, 1.54) is 19.3 Å². The van der Waals surface area contributed by atoms with Gasteiger partial charge in [0.25, 0.3) is 0 Å². The van der Waals surface area contributed by atoms with Gasteiger partial charge in [-0.05, 0) is 42.9 Å². The number of primary amides is 1. The molecule has 1 saturated heterocycles. The van der Waals surface area contributed by atoms with Crippen LogP contribution in [-0.4, -0.2) is 53.8 Å². The molecule has 1 aliphatic heterocycles. The van der Waals surface area contributed by atoms with Crippen molar-refractivity contribution in [1.29, 1.82) is 0 Å². The van der Waals surface area contributed by atoms with Crippen LogP contribution in [-0.2, 0) is 4.79 Å². The summed E-state index contributed by atoms with van der Waals surface area (Å²) < 4.78 is 0. The molecular weight excluding hydrogens is 302 g/mol. The van der Waals surface area contributed by atoms with Crippen LogP contribution in [0.5, 0.6) is 0 Å². The average molecular weight is 327 g/mol. The predicted molar refractivity (Wildman–Crippen MR) is 91.6 cm³/mol. The molecule has 0 unspecified atom stereocenters. The van der Waals surface area contributed by atoms with Crippen LogP contribution in [0, 0.1) is 5.92 Å². The zero-order chi connectivity index (χ0) is 16.7. The number of carbonyl (C=O) groups excluding carboxylic acids is 2. The van der Waals surface area contributed by atoms with E-state index in [0.29, 0.717) is 5.56 Å². The molecule has 1 aromatic rings. The third-order valence-electron chi connectivity index (χ3n) is 5.92. The molecule has 2 atom stereocenters. The summed E-state index contributed by atoms with van der Waals surface area (Å²) in [6.45, 7) is 3.76. The van der Waals surface area contributed by atoms with E-state index in [2.05, 4.69) is 4.90 Å². The van der Waals surface area contributed by atoms with Crippen molar-refractivity contribution in [3.8, 4) is 0 Å². The number of piperazine rings is 1. The van der Waals surface area contributed by atoms with Crippen molar-refractivity contribution >= 4 is 11.8 Å². The minimum atomic E-state index is -0.410. The van der Waals surface area contributed by atoms with Crippen molar-refractivity contribution in [2.24, 2.45) is 11.7 Å². The van der Waals surface area contributed by atoms with Gasteiger partial charge in [0.2, 0.25) is 11.8 Å². The van der Waals surface area contributed by atoms with Gasteiger partial charge < -0.3 is 10.6 Å². The molecule has 2 amide bonds. The fourth-order valence-electron chi connectivity index (χ4n) is 4.05. The lowest BCUT2D eigenvalue weighted by Gasteiger charge is -2.43. The van der Waals surface area contributed by atoms with E-state index < -0.39 is 5.91 Å². The Morgan fingerprint density at radius 1 is 1.08 bits per heavy atom. The second kappa shape index (κ2) is 6.20. The van der Waals surface area contributed by atoms with Crippen molar-refractivity contribution in [2.75, 3.05) is 26.2 Å². The Balaban J connectivity index is 1.34. The quantitative estimate of drug-likeness (QED) is 0.913. The first-order valence-corrected chi connectivity index (χ1v) is 9.06. The topological polar surface area (TPSA) is 66.6 Å². The molecule has 3 fully saturated rings. The molecule has 3 aliphatic rings. The van der Waals surface area contributed by atoms with Crippen molar-refractivity contribution in [3.63, 3.8) is 0 Å². The first-order valence-electron chi connectivity index (χ1n) is 9.06. The second-order valence-electron chi connectivity index (χ2n) is 7.38. The van der Waals surface area contributed by atoms with Crippen LogP contribution < -0.4 is 5.73 Å². The first kappa shape index (κ1) is 15.6. The Morgan fingerprint density at radius 2 is 1.83 bits per heavy atom. The van der Waals surface area contributed by atoms with E-state index in [0.717, 1.165) is 44.2 Å². The van der Waals surface area contributed by atoms with Crippen molar-refractivity contribution in [1.82, 2.24) is 9.80 Å². The fourth-order valence-corrected chi connectivity index (χ4v) is 4.05. The summed E-state index contributed by atoms with van der Waals surface area (Å²) in [7, 11) is 0. The molecule has 1 heterocycles. The molecule has 0 aromatic heterocycles. The third kappa shape index (κ3) is 2.93. The van der Waals surface area contributed by atoms with E-state index in [-0.39, 0.29) is 17.7 Å². The molecule has 0 bridgehead atoms. The Hall–Kier alpha value is -1.88. The summed E-state index contributed by atoms with van der Waals surface area (Å²) in [6.07, 6.45) is 4.91. The molecule has 2 N–H and O–H groups in total. The number of nitrogens with zero attached hydrogens (tertiary/aromatic N) is 2. The largest absolute Gasteiger partial charge is 0.366 e. The molecule has 5 heteroatoms. The van der Waals surface area contributed by atoms with E-state index in [1.807, 2.05) is 23.1 Å². The lowest BCUT2D eigenvalue weighted by Crippen LogP contribution is -2.53. The lowest BCUT2D eigenvalue weighted by molar-refractivity contribution is -0.135. The second-order valence-corrected chi connectivity index (χ2v) is 7.38. The van der Waals surface area contributed by atoms with Crippen molar-refractivity contribution < 1.29 is 9.59 Å². The number of rotatable bonds is 4. The van der Waals surface area contributed by atoms with Crippen LogP contribution in [0.15, 0.2) is 24.3 Å². The van der Waals surface area contributed by atoms with Crippen LogP contribution in [0.4, 0.5) is 0 Å². The number of carbonyl (C=O) groups is 2. The van der Waals surface area contributed by atoms with E-state index in [9.17, 15) is 9.59 Å². The third-order valence-corrected chi connectivity index (χ3v) is 5.92. The highest BCUT2D eigenvalue weighted by atomic mass is 16.2. The lowest BCUT2D eigenvalue weighted by atomic mass is 9.91. The molecule has 1 aromatic carbocycles. The normalized spacial score (nSPS) is 27.6. The van der Waals surface area contributed by atoms with Gasteiger partial charge in [-0.15, -0.1) is 0 Å². The summed E-state index contributed by atoms with van der Waals surface area (Å²) in [4.78, 5) is 28.6. The maximum atomic E-state index is 12.7. The highest BCUT2D eigenvalue weighted by Gasteiger charge is 2.46. The van der Waals surface area contributed by atoms with E-state index in [4.69, 9.17) is 5.73 Å². The molecule has 2 saturated carbocycles. The SMILES string of the molecule is NC(=O)c1cccc([C@H]2C[C@@H]2C(=O)N2CCN(C3CCC3)CC2)c1. The standard InChI is InChI=1S/C19H25N3O2/c20-18(23)14-4-1-3-13(11-14)16-12-17(16)19(24)22-9-7-21(8-10-22)15-5-2-6-15/h1,3-4,11,15-17H,2,5-10,12H2,(H2,20,23)/t16-,17+/m1/s1. The highest BCUT2D eigenvalue weighted by molar-refractivity contribution is 5.93. The van der Waals surface area contributed by atoms with Gasteiger partial charge in [-0.1, -0.05) is 18.6 Å². The number of nitrogens with two attached hydrogens (primary N) is 1. The van der Waals surface area contributed by atoms with Crippen LogP contribution in [0.25, 0.3) is 0 Å². The summed E-state index contributed by atoms with van der Waals surface area (Å²) >= 11 is 0. The predicted octanol–water partition coefficient (Wildman–Crippen LogP) is 1.59. The van der Waals surface area contributed by atoms with Gasteiger partial charge >= 0.3 is 0 Å². The monoisotopic (exact) mass is 327 g/mol. The highest BCUT2D eigenvalue weighted by Crippen LogP contribution is 2.48. The number of amides is 2. The number of hydrogen-bond acceptors (Lipinski definition) is 3. The molecular formula is C19H25N3O2. The van der Waals surface area contributed by atoms with Crippen LogP contribution in [0.2, 0.25) is 0 Å². The molecule has 0 spiro atoms. The zero-order valence-corrected chi connectivity index (χ0v) is 14.0. The number of hydrogen-bond donors (Lipinski definition) is 1. The van der Waals surface area contributed by atoms with Crippen LogP contribution in [0.3, 0.4) is 0 Å². The molecule has 128 valence electrons.